The molecule has 3 aliphatic rings. The highest BCUT2D eigenvalue weighted by molar-refractivity contribution is 6.29. The monoisotopic (exact) mass is 566 g/mol. The molecule has 4 heterocycles. The lowest BCUT2D eigenvalue weighted by molar-refractivity contribution is 0.0490. The standard InChI is InChI=1S/C32H43ClN4O3/c1-22-20-30(33)34-24(3)31(22)29(38)11-7-8-23(2)35-16-12-27(13-17-35)37-28(25-9-5-4-6-10-25)21-36(32(37)39)26-14-18-40-19-15-26/h4-6,9-10,20,23,26-28H,7-8,11-19,21H2,1-3H3/t23?,28-/m0/s1. The van der Waals surface area contributed by atoms with Crippen LogP contribution in [-0.2, 0) is 4.74 Å². The number of nitrogens with zero attached hydrogens (tertiary/aromatic N) is 4. The molecule has 7 nitrogen and oxygen atoms in total. The number of amides is 2. The molecular weight excluding hydrogens is 524 g/mol. The van der Waals surface area contributed by atoms with Crippen LogP contribution in [0.4, 0.5) is 4.79 Å². The van der Waals surface area contributed by atoms with Gasteiger partial charge in [-0.25, -0.2) is 9.78 Å². The number of urea groups is 1. The number of piperidine rings is 1. The van der Waals surface area contributed by atoms with Crippen molar-refractivity contribution in [1.82, 2.24) is 19.7 Å². The van der Waals surface area contributed by atoms with Crippen molar-refractivity contribution in [1.29, 1.82) is 0 Å². The summed E-state index contributed by atoms with van der Waals surface area (Å²) in [7, 11) is 0. The lowest BCUT2D eigenvalue weighted by Crippen LogP contribution is -2.50. The molecule has 2 amide bonds. The Kier molecular flexibility index (Phi) is 9.44. The molecule has 0 aliphatic carbocycles. The van der Waals surface area contributed by atoms with Crippen LogP contribution in [-0.4, -0.2) is 82.5 Å². The molecule has 0 N–H and O–H groups in total. The number of likely N-dealkylation sites (tertiary alicyclic amines) is 1. The maximum atomic E-state index is 13.8. The maximum Gasteiger partial charge on any atom is 0.321 e. The van der Waals surface area contributed by atoms with Gasteiger partial charge in [0.25, 0.3) is 0 Å². The van der Waals surface area contributed by atoms with Crippen LogP contribution in [0.1, 0.15) is 85.1 Å². The second-order valence-corrected chi connectivity index (χ2v) is 12.2. The van der Waals surface area contributed by atoms with Crippen molar-refractivity contribution in [3.63, 3.8) is 0 Å². The first kappa shape index (κ1) is 29.0. The second-order valence-electron chi connectivity index (χ2n) is 11.8. The fourth-order valence-electron chi connectivity index (χ4n) is 6.96. The summed E-state index contributed by atoms with van der Waals surface area (Å²) in [5.41, 5.74) is 3.56. The fraction of sp³-hybridized carbons (Fsp3) is 0.594. The Balaban J connectivity index is 1.16. The molecule has 5 rings (SSSR count). The lowest BCUT2D eigenvalue weighted by atomic mass is 9.96. The van der Waals surface area contributed by atoms with E-state index in [1.807, 2.05) is 19.9 Å². The Morgan fingerprint density at radius 3 is 2.45 bits per heavy atom. The molecule has 3 aliphatic heterocycles. The van der Waals surface area contributed by atoms with Crippen LogP contribution >= 0.6 is 11.6 Å². The predicted octanol–water partition coefficient (Wildman–Crippen LogP) is 6.22. The van der Waals surface area contributed by atoms with Crippen molar-refractivity contribution in [2.45, 2.75) is 89.9 Å². The van der Waals surface area contributed by atoms with Gasteiger partial charge in [0.15, 0.2) is 5.78 Å². The molecule has 2 aromatic rings. The Hall–Kier alpha value is -2.48. The molecule has 0 radical (unpaired) electrons. The van der Waals surface area contributed by atoms with E-state index in [2.05, 4.69) is 50.9 Å². The molecule has 0 spiro atoms. The molecule has 1 aromatic heterocycles. The van der Waals surface area contributed by atoms with Crippen molar-refractivity contribution in [3.8, 4) is 0 Å². The number of ketones is 1. The molecule has 3 fully saturated rings. The van der Waals surface area contributed by atoms with Crippen molar-refractivity contribution >= 4 is 23.4 Å². The van der Waals surface area contributed by atoms with Gasteiger partial charge in [0.1, 0.15) is 5.15 Å². The third-order valence-corrected chi connectivity index (χ3v) is 9.37. The van der Waals surface area contributed by atoms with E-state index in [1.165, 1.54) is 5.56 Å². The predicted molar refractivity (Wildman–Crippen MR) is 158 cm³/mol. The summed E-state index contributed by atoms with van der Waals surface area (Å²) in [6, 6.07) is 13.5. The quantitative estimate of drug-likeness (QED) is 0.266. The van der Waals surface area contributed by atoms with Gasteiger partial charge >= 0.3 is 6.03 Å². The van der Waals surface area contributed by atoms with Gasteiger partial charge in [-0.1, -0.05) is 41.9 Å². The number of hydrogen-bond donors (Lipinski definition) is 0. The molecule has 40 heavy (non-hydrogen) atoms. The summed E-state index contributed by atoms with van der Waals surface area (Å²) in [4.78, 5) is 37.9. The first-order valence-corrected chi connectivity index (χ1v) is 15.3. The largest absolute Gasteiger partial charge is 0.381 e. The van der Waals surface area contributed by atoms with Crippen LogP contribution in [0.3, 0.4) is 0 Å². The number of halogens is 1. The molecular formula is C32H43ClN4O3. The van der Waals surface area contributed by atoms with E-state index < -0.39 is 0 Å². The third kappa shape index (κ3) is 6.37. The average molecular weight is 567 g/mol. The zero-order valence-corrected chi connectivity index (χ0v) is 24.9. The average Bonchev–Trinajstić information content (AvgIpc) is 3.30. The number of rotatable bonds is 9. The molecule has 1 aromatic carbocycles. The van der Waals surface area contributed by atoms with E-state index in [9.17, 15) is 9.59 Å². The summed E-state index contributed by atoms with van der Waals surface area (Å²) >= 11 is 6.04. The molecule has 2 atom stereocenters. The van der Waals surface area contributed by atoms with Crippen molar-refractivity contribution in [2.75, 3.05) is 32.8 Å². The van der Waals surface area contributed by atoms with Crippen molar-refractivity contribution in [2.24, 2.45) is 0 Å². The van der Waals surface area contributed by atoms with E-state index in [0.29, 0.717) is 23.3 Å². The van der Waals surface area contributed by atoms with Crippen LogP contribution in [0.5, 0.6) is 0 Å². The highest BCUT2D eigenvalue weighted by Gasteiger charge is 2.45. The number of hydrogen-bond acceptors (Lipinski definition) is 5. The van der Waals surface area contributed by atoms with Gasteiger partial charge in [-0.2, -0.15) is 0 Å². The van der Waals surface area contributed by atoms with E-state index >= 15 is 0 Å². The van der Waals surface area contributed by atoms with Gasteiger partial charge in [0.2, 0.25) is 0 Å². The van der Waals surface area contributed by atoms with Crippen molar-refractivity contribution < 1.29 is 14.3 Å². The molecule has 0 saturated carbocycles. The van der Waals surface area contributed by atoms with Gasteiger partial charge in [-0.3, -0.25) is 4.79 Å². The molecule has 216 valence electrons. The molecule has 8 heteroatoms. The summed E-state index contributed by atoms with van der Waals surface area (Å²) < 4.78 is 5.58. The lowest BCUT2D eigenvalue weighted by Gasteiger charge is -2.41. The third-order valence-electron chi connectivity index (χ3n) is 9.17. The topological polar surface area (TPSA) is 66.0 Å². The van der Waals surface area contributed by atoms with E-state index in [4.69, 9.17) is 16.3 Å². The highest BCUT2D eigenvalue weighted by Crippen LogP contribution is 2.37. The van der Waals surface area contributed by atoms with Gasteiger partial charge in [-0.15, -0.1) is 0 Å². The number of aryl methyl sites for hydroxylation is 2. The first-order valence-electron chi connectivity index (χ1n) is 15.0. The SMILES string of the molecule is Cc1cc(Cl)nc(C)c1C(=O)CCCC(C)N1CCC(N2C(=O)N(C3CCOCC3)C[C@H]2c2ccccc2)CC1. The Morgan fingerprint density at radius 2 is 1.77 bits per heavy atom. The Bertz CT molecular complexity index is 1150. The zero-order chi connectivity index (χ0) is 28.2. The molecule has 0 bridgehead atoms. The van der Waals surface area contributed by atoms with Crippen molar-refractivity contribution in [3.05, 3.63) is 63.9 Å². The van der Waals surface area contributed by atoms with Crippen LogP contribution in [0.25, 0.3) is 0 Å². The number of aromatic nitrogens is 1. The van der Waals surface area contributed by atoms with Gasteiger partial charge in [0, 0.05) is 63.0 Å². The number of carbonyl (C=O) groups excluding carboxylic acids is 2. The van der Waals surface area contributed by atoms with E-state index in [-0.39, 0.29) is 29.9 Å². The summed E-state index contributed by atoms with van der Waals surface area (Å²) in [5, 5.41) is 0.436. The maximum absolute atomic E-state index is 13.8. The Morgan fingerprint density at radius 1 is 1.07 bits per heavy atom. The zero-order valence-electron chi connectivity index (χ0n) is 24.2. The smallest absolute Gasteiger partial charge is 0.321 e. The van der Waals surface area contributed by atoms with Crippen LogP contribution in [0, 0.1) is 13.8 Å². The number of benzene rings is 1. The van der Waals surface area contributed by atoms with Crippen LogP contribution in [0.15, 0.2) is 36.4 Å². The van der Waals surface area contributed by atoms with Crippen LogP contribution < -0.4 is 0 Å². The summed E-state index contributed by atoms with van der Waals surface area (Å²) in [6.45, 7) is 10.2. The number of Topliss-reactive ketones (excluding diaryl/α,β-unsaturated/α-hetero) is 1. The molecule has 3 saturated heterocycles. The van der Waals surface area contributed by atoms with Crippen LogP contribution in [0.2, 0.25) is 5.15 Å². The summed E-state index contributed by atoms with van der Waals surface area (Å²) in [5.74, 6) is 0.152. The molecule has 1 unspecified atom stereocenters. The van der Waals surface area contributed by atoms with E-state index in [1.54, 1.807) is 6.07 Å². The van der Waals surface area contributed by atoms with Gasteiger partial charge in [0.05, 0.1) is 11.7 Å². The van der Waals surface area contributed by atoms with Gasteiger partial charge < -0.3 is 19.4 Å². The highest BCUT2D eigenvalue weighted by atomic mass is 35.5. The van der Waals surface area contributed by atoms with Gasteiger partial charge in [-0.05, 0) is 76.5 Å². The minimum atomic E-state index is 0.103. The van der Waals surface area contributed by atoms with E-state index in [0.717, 1.165) is 82.5 Å². The second kappa shape index (κ2) is 13.0. The first-order chi connectivity index (χ1) is 19.3. The summed E-state index contributed by atoms with van der Waals surface area (Å²) in [6.07, 6.45) is 6.16. The normalized spacial score (nSPS) is 22.2. The number of ether oxygens (including phenoxy) is 1. The minimum Gasteiger partial charge on any atom is -0.381 e. The number of pyridine rings is 1. The Labute approximate surface area is 243 Å². The fourth-order valence-corrected chi connectivity index (χ4v) is 7.25. The minimum absolute atomic E-state index is 0.103. The number of carbonyl (C=O) groups is 2.